The Labute approximate surface area is 127 Å². The molecule has 0 bridgehead atoms. The molecule has 0 fully saturated rings. The summed E-state index contributed by atoms with van der Waals surface area (Å²) in [5.74, 6) is -1.62. The summed E-state index contributed by atoms with van der Waals surface area (Å²) in [5, 5.41) is 13.2. The van der Waals surface area contributed by atoms with Crippen molar-refractivity contribution < 1.29 is 19.2 Å². The molecule has 0 saturated carbocycles. The fraction of sp³-hybridized carbons (Fsp3) is 0.312. The third kappa shape index (κ3) is 2.26. The number of carboxylic acid groups (broad SMARTS) is 1. The lowest BCUT2D eigenvalue weighted by atomic mass is 9.86. The van der Waals surface area contributed by atoms with Gasteiger partial charge in [-0.15, -0.1) is 0 Å². The van der Waals surface area contributed by atoms with E-state index in [0.717, 1.165) is 0 Å². The van der Waals surface area contributed by atoms with Gasteiger partial charge in [0.2, 0.25) is 5.76 Å². The van der Waals surface area contributed by atoms with Crippen LogP contribution < -0.4 is 4.90 Å². The van der Waals surface area contributed by atoms with Crippen molar-refractivity contribution in [2.24, 2.45) is 0 Å². The van der Waals surface area contributed by atoms with Gasteiger partial charge in [-0.05, 0) is 31.9 Å². The van der Waals surface area contributed by atoms with E-state index in [0.29, 0.717) is 23.4 Å². The van der Waals surface area contributed by atoms with Gasteiger partial charge in [0.25, 0.3) is 5.91 Å². The molecule has 0 radical (unpaired) electrons. The molecule has 6 heteroatoms. The molecular formula is C16H16N2O4. The number of carbonyl (C=O) groups excluding carboxylic acids is 1. The molecule has 3 rings (SSSR count). The van der Waals surface area contributed by atoms with E-state index >= 15 is 0 Å². The van der Waals surface area contributed by atoms with Gasteiger partial charge in [-0.3, -0.25) is 9.59 Å². The number of fused-ring (bicyclic) bond motifs is 1. The van der Waals surface area contributed by atoms with E-state index in [1.807, 2.05) is 6.92 Å². The second kappa shape index (κ2) is 5.29. The number of nitrogens with zero attached hydrogens (tertiary/aromatic N) is 2. The van der Waals surface area contributed by atoms with E-state index in [4.69, 9.17) is 4.52 Å². The molecule has 1 aromatic carbocycles. The predicted octanol–water partition coefficient (Wildman–Crippen LogP) is 2.59. The zero-order valence-electron chi connectivity index (χ0n) is 12.3. The highest BCUT2D eigenvalue weighted by molar-refractivity contribution is 6.06. The van der Waals surface area contributed by atoms with Crippen molar-refractivity contribution in [3.63, 3.8) is 0 Å². The Morgan fingerprint density at radius 3 is 2.73 bits per heavy atom. The van der Waals surface area contributed by atoms with E-state index < -0.39 is 11.9 Å². The Morgan fingerprint density at radius 2 is 2.09 bits per heavy atom. The molecule has 114 valence electrons. The maximum absolute atomic E-state index is 12.7. The van der Waals surface area contributed by atoms with Crippen molar-refractivity contribution in [1.29, 1.82) is 0 Å². The van der Waals surface area contributed by atoms with Crippen LogP contribution in [0.1, 0.15) is 41.1 Å². The Hall–Kier alpha value is -2.63. The third-order valence-electron chi connectivity index (χ3n) is 3.94. The van der Waals surface area contributed by atoms with Gasteiger partial charge in [-0.25, -0.2) is 0 Å². The van der Waals surface area contributed by atoms with Crippen molar-refractivity contribution in [3.8, 4) is 0 Å². The number of hydrogen-bond acceptors (Lipinski definition) is 4. The van der Waals surface area contributed by atoms with Gasteiger partial charge < -0.3 is 14.5 Å². The van der Waals surface area contributed by atoms with E-state index in [1.54, 1.807) is 42.2 Å². The highest BCUT2D eigenvalue weighted by Crippen LogP contribution is 2.39. The van der Waals surface area contributed by atoms with Crippen molar-refractivity contribution in [2.75, 3.05) is 4.90 Å². The number of aromatic nitrogens is 1. The highest BCUT2D eigenvalue weighted by atomic mass is 16.5. The van der Waals surface area contributed by atoms with Gasteiger partial charge in [-0.2, -0.15) is 0 Å². The Morgan fingerprint density at radius 1 is 1.36 bits per heavy atom. The van der Waals surface area contributed by atoms with E-state index in [9.17, 15) is 14.7 Å². The monoisotopic (exact) mass is 300 g/mol. The molecule has 1 aliphatic heterocycles. The van der Waals surface area contributed by atoms with E-state index in [-0.39, 0.29) is 17.7 Å². The van der Waals surface area contributed by atoms with Gasteiger partial charge in [0.15, 0.2) is 0 Å². The fourth-order valence-corrected chi connectivity index (χ4v) is 2.94. The van der Waals surface area contributed by atoms with Gasteiger partial charge >= 0.3 is 5.97 Å². The maximum atomic E-state index is 12.7. The highest BCUT2D eigenvalue weighted by Gasteiger charge is 2.38. The number of hydrogen-bond donors (Lipinski definition) is 1. The van der Waals surface area contributed by atoms with Gasteiger partial charge in [0.05, 0.1) is 11.6 Å². The number of rotatable bonds is 2. The second-order valence-corrected chi connectivity index (χ2v) is 5.54. The lowest BCUT2D eigenvalue weighted by Gasteiger charge is -2.37. The van der Waals surface area contributed by atoms with Gasteiger partial charge in [0, 0.05) is 17.8 Å². The van der Waals surface area contributed by atoms with E-state index in [1.165, 1.54) is 0 Å². The first-order valence-electron chi connectivity index (χ1n) is 7.07. The molecule has 0 aliphatic carbocycles. The number of anilines is 1. The first kappa shape index (κ1) is 14.3. The third-order valence-corrected chi connectivity index (χ3v) is 3.94. The first-order valence-corrected chi connectivity index (χ1v) is 7.07. The van der Waals surface area contributed by atoms with Crippen LogP contribution in [0.3, 0.4) is 0 Å². The zero-order chi connectivity index (χ0) is 15.9. The molecule has 2 heterocycles. The number of amides is 1. The van der Waals surface area contributed by atoms with Crippen LogP contribution in [0.5, 0.6) is 0 Å². The summed E-state index contributed by atoms with van der Waals surface area (Å²) in [6.07, 6.45) is 0.366. The summed E-state index contributed by atoms with van der Waals surface area (Å²) in [4.78, 5) is 25.8. The van der Waals surface area contributed by atoms with Crippen LogP contribution in [0, 0.1) is 6.92 Å². The molecule has 0 spiro atoms. The van der Waals surface area contributed by atoms with Crippen molar-refractivity contribution >= 4 is 17.6 Å². The molecule has 1 amide bonds. The SMILES string of the molecule is Cc1cc(C(=O)N2c3ccccc3[C@@H](C(=O)O)C[C@@H]2C)on1. The maximum Gasteiger partial charge on any atom is 0.311 e. The molecule has 6 nitrogen and oxygen atoms in total. The molecule has 2 aromatic rings. The van der Waals surface area contributed by atoms with Crippen molar-refractivity contribution in [1.82, 2.24) is 5.16 Å². The quantitative estimate of drug-likeness (QED) is 0.921. The molecule has 0 saturated heterocycles. The number of benzene rings is 1. The minimum Gasteiger partial charge on any atom is -0.481 e. The summed E-state index contributed by atoms with van der Waals surface area (Å²) >= 11 is 0. The van der Waals surface area contributed by atoms with Crippen LogP contribution in [0.25, 0.3) is 0 Å². The minimum atomic E-state index is -0.873. The average Bonchev–Trinajstić information content (AvgIpc) is 2.92. The summed E-state index contributed by atoms with van der Waals surface area (Å²) < 4.78 is 5.06. The zero-order valence-corrected chi connectivity index (χ0v) is 12.3. The fourth-order valence-electron chi connectivity index (χ4n) is 2.94. The van der Waals surface area contributed by atoms with Crippen LogP contribution in [0.4, 0.5) is 5.69 Å². The van der Waals surface area contributed by atoms with E-state index in [2.05, 4.69) is 5.16 Å². The van der Waals surface area contributed by atoms with Gasteiger partial charge in [-0.1, -0.05) is 23.4 Å². The Bertz CT molecular complexity index is 737. The summed E-state index contributed by atoms with van der Waals surface area (Å²) in [7, 11) is 0. The van der Waals surface area contributed by atoms with Crippen LogP contribution >= 0.6 is 0 Å². The average molecular weight is 300 g/mol. The first-order chi connectivity index (χ1) is 10.5. The molecule has 1 N–H and O–H groups in total. The lowest BCUT2D eigenvalue weighted by molar-refractivity contribution is -0.139. The minimum absolute atomic E-state index is 0.160. The molecular weight excluding hydrogens is 284 g/mol. The van der Waals surface area contributed by atoms with Crippen molar-refractivity contribution in [2.45, 2.75) is 32.2 Å². The van der Waals surface area contributed by atoms with Crippen LogP contribution in [-0.2, 0) is 4.79 Å². The van der Waals surface area contributed by atoms with Crippen LogP contribution in [0.2, 0.25) is 0 Å². The second-order valence-electron chi connectivity index (χ2n) is 5.54. The summed E-state index contributed by atoms with van der Waals surface area (Å²) in [6, 6.07) is 8.44. The van der Waals surface area contributed by atoms with Crippen LogP contribution in [0.15, 0.2) is 34.9 Å². The smallest absolute Gasteiger partial charge is 0.311 e. The molecule has 2 atom stereocenters. The lowest BCUT2D eigenvalue weighted by Crippen LogP contribution is -2.44. The largest absolute Gasteiger partial charge is 0.481 e. The van der Waals surface area contributed by atoms with Crippen molar-refractivity contribution in [3.05, 3.63) is 47.3 Å². The van der Waals surface area contributed by atoms with Gasteiger partial charge in [0.1, 0.15) is 0 Å². The summed E-state index contributed by atoms with van der Waals surface area (Å²) in [5.41, 5.74) is 1.90. The number of para-hydroxylation sites is 1. The number of carbonyl (C=O) groups is 2. The number of aliphatic carboxylic acids is 1. The number of carboxylic acids is 1. The van der Waals surface area contributed by atoms with Crippen LogP contribution in [-0.4, -0.2) is 28.2 Å². The number of aryl methyl sites for hydroxylation is 1. The normalized spacial score (nSPS) is 20.5. The Kier molecular flexibility index (Phi) is 3.44. The molecule has 0 unspecified atom stereocenters. The summed E-state index contributed by atoms with van der Waals surface area (Å²) in [6.45, 7) is 3.58. The Balaban J connectivity index is 2.06. The molecule has 22 heavy (non-hydrogen) atoms. The predicted molar refractivity (Wildman–Crippen MR) is 78.9 cm³/mol. The topological polar surface area (TPSA) is 83.6 Å². The molecule has 1 aliphatic rings. The molecule has 1 aromatic heterocycles. The standard InChI is InChI=1S/C16H16N2O4/c1-9-7-14(22-17-9)15(19)18-10(2)8-12(16(20)21)11-5-3-4-6-13(11)18/h3-7,10,12H,8H2,1-2H3,(H,20,21)/t10-,12-/m0/s1.